The Morgan fingerprint density at radius 2 is 1.73 bits per heavy atom. The van der Waals surface area contributed by atoms with Crippen LogP contribution in [0.5, 0.6) is 5.75 Å². The summed E-state index contributed by atoms with van der Waals surface area (Å²) in [4.78, 5) is 66.8. The van der Waals surface area contributed by atoms with Gasteiger partial charge < -0.3 is 29.5 Å². The first-order valence-corrected chi connectivity index (χ1v) is 18.5. The third-order valence-corrected chi connectivity index (χ3v) is 10.7. The number of rotatable bonds is 7. The number of piperazine rings is 1. The van der Waals surface area contributed by atoms with Crippen molar-refractivity contribution in [2.24, 2.45) is 0 Å². The number of anilines is 2. The molecule has 0 saturated carbocycles. The van der Waals surface area contributed by atoms with Crippen LogP contribution in [-0.2, 0) is 54.9 Å². The number of carbonyl (C=O) groups is 2. The number of nitrogens with zero attached hydrogens (tertiary/aromatic N) is 8. The number of ether oxygens (including phenoxy) is 1. The maximum absolute atomic E-state index is 14.4. The minimum absolute atomic E-state index is 0.0366. The Hall–Kier alpha value is -5.75. The number of hydrogen-bond acceptors (Lipinski definition) is 10. The van der Waals surface area contributed by atoms with Crippen LogP contribution in [0.25, 0.3) is 17.2 Å². The first kappa shape index (κ1) is 37.2. The molecular weight excluding hydrogens is 759 g/mol. The van der Waals surface area contributed by atoms with E-state index in [1.165, 1.54) is 14.0 Å². The van der Waals surface area contributed by atoms with E-state index in [0.29, 0.717) is 43.3 Å². The lowest BCUT2D eigenvalue weighted by molar-refractivity contribution is -0.137. The molecule has 2 aromatic carbocycles. The average Bonchev–Trinajstić information content (AvgIpc) is 3.85. The Balaban J connectivity index is 1.13. The number of halogens is 4. The zero-order chi connectivity index (χ0) is 39.5. The van der Waals surface area contributed by atoms with Gasteiger partial charge in [-0.1, -0.05) is 30.7 Å². The molecule has 2 N–H and O–H groups in total. The number of aromatic nitrogens is 6. The van der Waals surface area contributed by atoms with Gasteiger partial charge in [0, 0.05) is 44.7 Å². The minimum atomic E-state index is -4.63. The minimum Gasteiger partial charge on any atom is -0.501 e. The van der Waals surface area contributed by atoms with Gasteiger partial charge in [0.25, 0.3) is 17.0 Å². The first-order valence-electron chi connectivity index (χ1n) is 18.1. The van der Waals surface area contributed by atoms with Gasteiger partial charge in [-0.05, 0) is 54.7 Å². The Kier molecular flexibility index (Phi) is 9.56. The van der Waals surface area contributed by atoms with Gasteiger partial charge in [-0.25, -0.2) is 4.98 Å². The Labute approximate surface area is 320 Å². The largest absolute Gasteiger partial charge is 0.501 e. The van der Waals surface area contributed by atoms with Crippen molar-refractivity contribution < 1.29 is 32.6 Å². The highest BCUT2D eigenvalue weighted by atomic mass is 35.5. The molecule has 1 fully saturated rings. The number of aromatic hydroxyl groups is 1. The number of benzene rings is 2. The zero-order valence-electron chi connectivity index (χ0n) is 30.0. The molecule has 19 heteroatoms. The lowest BCUT2D eigenvalue weighted by Crippen LogP contribution is -2.51. The van der Waals surface area contributed by atoms with E-state index in [9.17, 15) is 37.5 Å². The Bertz CT molecular complexity index is 2540. The number of alkyl halides is 3. The summed E-state index contributed by atoms with van der Waals surface area (Å²) in [7, 11) is 0. The van der Waals surface area contributed by atoms with Gasteiger partial charge in [0.05, 0.1) is 35.2 Å². The van der Waals surface area contributed by atoms with Crippen LogP contribution < -0.4 is 21.3 Å². The number of nitrogens with one attached hydrogen (secondary N) is 1. The van der Waals surface area contributed by atoms with Crippen LogP contribution in [0.1, 0.15) is 58.5 Å². The molecule has 0 bridgehead atoms. The summed E-state index contributed by atoms with van der Waals surface area (Å²) in [5, 5.41) is 17.5. The molecule has 3 aliphatic rings. The van der Waals surface area contributed by atoms with Crippen LogP contribution >= 0.6 is 11.6 Å². The smallest absolute Gasteiger partial charge is 0.416 e. The fourth-order valence-corrected chi connectivity index (χ4v) is 7.71. The third-order valence-electron chi connectivity index (χ3n) is 10.4. The van der Waals surface area contributed by atoms with Crippen molar-refractivity contribution in [2.45, 2.75) is 65.1 Å². The van der Waals surface area contributed by atoms with E-state index in [1.54, 1.807) is 11.8 Å². The average molecular weight is 794 g/mol. The van der Waals surface area contributed by atoms with Crippen molar-refractivity contribution in [3.63, 3.8) is 0 Å². The molecule has 15 nitrogen and oxygen atoms in total. The molecule has 0 aliphatic carbocycles. The molecule has 8 rings (SSSR count). The van der Waals surface area contributed by atoms with E-state index in [2.05, 4.69) is 15.4 Å². The van der Waals surface area contributed by atoms with E-state index >= 15 is 0 Å². The SMILES string of the molecule is CCc1c(N2CCN(C(=O)c3nc4n(c(=O)c3O)CCCC4)CC2)c(=O)n2nc(-c3ccc4c(c3)COC4)nc2n1CC(=O)Nc1ccc(C(F)(F)F)cc1Cl. The zero-order valence-corrected chi connectivity index (χ0v) is 30.8. The highest BCUT2D eigenvalue weighted by Crippen LogP contribution is 2.34. The molecule has 1 saturated heterocycles. The number of fused-ring (bicyclic) bond motifs is 3. The summed E-state index contributed by atoms with van der Waals surface area (Å²) in [6.07, 6.45) is -2.28. The summed E-state index contributed by atoms with van der Waals surface area (Å²) in [6.45, 7) is 3.27. The maximum atomic E-state index is 14.4. The number of aryl methyl sites for hydroxylation is 1. The van der Waals surface area contributed by atoms with E-state index in [1.807, 2.05) is 18.2 Å². The number of carbonyl (C=O) groups excluding carboxylic acids is 2. The second-order valence-electron chi connectivity index (χ2n) is 13.8. The van der Waals surface area contributed by atoms with Gasteiger partial charge in [-0.2, -0.15) is 22.7 Å². The lowest BCUT2D eigenvalue weighted by Gasteiger charge is -2.36. The molecule has 3 aliphatic heterocycles. The van der Waals surface area contributed by atoms with Gasteiger partial charge >= 0.3 is 6.18 Å². The summed E-state index contributed by atoms with van der Waals surface area (Å²) in [5.41, 5.74) is 0.778. The molecule has 2 amide bonds. The summed E-state index contributed by atoms with van der Waals surface area (Å²) < 4.78 is 49.4. The quantitative estimate of drug-likeness (QED) is 0.246. The van der Waals surface area contributed by atoms with Crippen molar-refractivity contribution in [3.05, 3.63) is 96.0 Å². The number of hydrogen-bond donors (Lipinski definition) is 2. The Morgan fingerprint density at radius 3 is 2.46 bits per heavy atom. The van der Waals surface area contributed by atoms with Crippen LogP contribution in [0.15, 0.2) is 46.0 Å². The van der Waals surface area contributed by atoms with Gasteiger partial charge in [0.2, 0.25) is 17.4 Å². The Morgan fingerprint density at radius 1 is 0.964 bits per heavy atom. The second kappa shape index (κ2) is 14.4. The number of amides is 2. The summed E-state index contributed by atoms with van der Waals surface area (Å²) in [6, 6.07) is 8.21. The summed E-state index contributed by atoms with van der Waals surface area (Å²) in [5.74, 6) is -1.22. The van der Waals surface area contributed by atoms with Crippen molar-refractivity contribution in [1.29, 1.82) is 0 Å². The van der Waals surface area contributed by atoms with Crippen molar-refractivity contribution in [3.8, 4) is 17.1 Å². The molecule has 292 valence electrons. The van der Waals surface area contributed by atoms with E-state index in [-0.39, 0.29) is 66.3 Å². The van der Waals surface area contributed by atoms with Gasteiger partial charge in [0.15, 0.2) is 11.5 Å². The molecule has 0 atom stereocenters. The highest BCUT2D eigenvalue weighted by molar-refractivity contribution is 6.33. The molecular formula is C37H35ClF3N9O6. The van der Waals surface area contributed by atoms with Crippen molar-refractivity contribution in [1.82, 2.24) is 33.6 Å². The molecule has 56 heavy (non-hydrogen) atoms. The standard InChI is InChI=1S/C37H35ClF3N9O6/c1-2-26-30(46-11-13-47(14-12-46)33(53)29-31(52)35(55)48-10-4-3-5-27(48)43-29)34(54)50-36(44-32(45-50)20-6-7-21-18-56-19-22(21)15-20)49(26)17-28(51)42-25-9-8-23(16-24(25)38)37(39,40)41/h6-9,15-16,52H,2-5,10-14,17-19H2,1H3,(H,42,51). The van der Waals surface area contributed by atoms with Crippen molar-refractivity contribution >= 4 is 40.6 Å². The molecule has 5 aromatic rings. The predicted octanol–water partition coefficient (Wildman–Crippen LogP) is 4.02. The van der Waals surface area contributed by atoms with Crippen LogP contribution in [0.3, 0.4) is 0 Å². The third kappa shape index (κ3) is 6.65. The molecule has 3 aromatic heterocycles. The van der Waals surface area contributed by atoms with E-state index in [0.717, 1.165) is 46.7 Å². The molecule has 0 unspecified atom stereocenters. The van der Waals surface area contributed by atoms with Gasteiger partial charge in [-0.15, -0.1) is 5.10 Å². The van der Waals surface area contributed by atoms with Crippen LogP contribution in [0, 0.1) is 0 Å². The first-order chi connectivity index (χ1) is 26.8. The van der Waals surface area contributed by atoms with Crippen molar-refractivity contribution in [2.75, 3.05) is 36.4 Å². The van der Waals surface area contributed by atoms with Gasteiger partial charge in [-0.3, -0.25) is 23.7 Å². The molecule has 6 heterocycles. The molecule has 0 radical (unpaired) electrons. The van der Waals surface area contributed by atoms with E-state index in [4.69, 9.17) is 21.3 Å². The monoisotopic (exact) mass is 793 g/mol. The maximum Gasteiger partial charge on any atom is 0.416 e. The fraction of sp³-hybridized carbons (Fsp3) is 0.378. The fourth-order valence-electron chi connectivity index (χ4n) is 7.48. The summed E-state index contributed by atoms with van der Waals surface area (Å²) >= 11 is 6.15. The lowest BCUT2D eigenvalue weighted by atomic mass is 10.1. The van der Waals surface area contributed by atoms with Crippen LogP contribution in [0.4, 0.5) is 24.5 Å². The van der Waals surface area contributed by atoms with Gasteiger partial charge in [0.1, 0.15) is 18.1 Å². The second-order valence-corrected chi connectivity index (χ2v) is 14.2. The van der Waals surface area contributed by atoms with Crippen LogP contribution in [0.2, 0.25) is 5.02 Å². The van der Waals surface area contributed by atoms with Crippen LogP contribution in [-0.4, -0.2) is 76.7 Å². The molecule has 0 spiro atoms. The normalized spacial score (nSPS) is 15.6. The van der Waals surface area contributed by atoms with E-state index < -0.39 is 47.0 Å². The predicted molar refractivity (Wildman–Crippen MR) is 197 cm³/mol. The highest BCUT2D eigenvalue weighted by Gasteiger charge is 2.33. The topological polar surface area (TPSA) is 169 Å².